The van der Waals surface area contributed by atoms with Crippen LogP contribution >= 0.6 is 0 Å². The minimum atomic E-state index is -4.65. The number of aromatic nitrogens is 1. The number of carbonyl (C=O) groups is 1. The number of anilines is 2. The highest BCUT2D eigenvalue weighted by Crippen LogP contribution is 2.43. The SMILES string of the molecule is Cc1ccc(NC(=O)c2cncc(C(F)(F)F)c2)cc1-c1cc2c(cc1F)C[C@](F)(CO)[C@H]1COCCN21. The maximum Gasteiger partial charge on any atom is 0.417 e. The van der Waals surface area contributed by atoms with Crippen molar-refractivity contribution >= 4 is 17.3 Å². The first-order valence-electron chi connectivity index (χ1n) is 11.9. The van der Waals surface area contributed by atoms with E-state index in [4.69, 9.17) is 4.74 Å². The van der Waals surface area contributed by atoms with Crippen LogP contribution in [-0.2, 0) is 17.3 Å². The van der Waals surface area contributed by atoms with Crippen molar-refractivity contribution in [3.8, 4) is 11.1 Å². The fraction of sp³-hybridized carbons (Fsp3) is 0.333. The lowest BCUT2D eigenvalue weighted by Crippen LogP contribution is -2.62. The highest BCUT2D eigenvalue weighted by atomic mass is 19.4. The zero-order chi connectivity index (χ0) is 27.2. The Kier molecular flexibility index (Phi) is 6.60. The Labute approximate surface area is 215 Å². The molecule has 1 saturated heterocycles. The molecule has 200 valence electrons. The number of aliphatic hydroxyl groups excluding tert-OH is 1. The van der Waals surface area contributed by atoms with E-state index in [0.717, 1.165) is 6.20 Å². The number of hydrogen-bond donors (Lipinski definition) is 2. The van der Waals surface area contributed by atoms with E-state index in [2.05, 4.69) is 10.3 Å². The average Bonchev–Trinajstić information content (AvgIpc) is 2.89. The molecule has 0 saturated carbocycles. The molecule has 1 fully saturated rings. The smallest absolute Gasteiger partial charge is 0.393 e. The van der Waals surface area contributed by atoms with Gasteiger partial charge in [-0.05, 0) is 53.9 Å². The van der Waals surface area contributed by atoms with Gasteiger partial charge in [0.2, 0.25) is 0 Å². The van der Waals surface area contributed by atoms with E-state index in [1.165, 1.54) is 12.1 Å². The molecule has 11 heteroatoms. The summed E-state index contributed by atoms with van der Waals surface area (Å²) in [5.74, 6) is -1.41. The third-order valence-electron chi connectivity index (χ3n) is 7.06. The van der Waals surface area contributed by atoms with Crippen molar-refractivity contribution in [2.45, 2.75) is 31.2 Å². The molecule has 0 aliphatic carbocycles. The fourth-order valence-corrected chi connectivity index (χ4v) is 5.05. The van der Waals surface area contributed by atoms with Gasteiger partial charge in [0.1, 0.15) is 5.82 Å². The van der Waals surface area contributed by atoms with E-state index < -0.39 is 41.8 Å². The summed E-state index contributed by atoms with van der Waals surface area (Å²) in [5, 5.41) is 12.3. The summed E-state index contributed by atoms with van der Waals surface area (Å²) in [7, 11) is 0. The van der Waals surface area contributed by atoms with Gasteiger partial charge in [-0.25, -0.2) is 8.78 Å². The Morgan fingerprint density at radius 1 is 1.21 bits per heavy atom. The van der Waals surface area contributed by atoms with Gasteiger partial charge in [0, 0.05) is 42.3 Å². The molecule has 1 amide bonds. The van der Waals surface area contributed by atoms with Crippen LogP contribution in [0.3, 0.4) is 0 Å². The largest absolute Gasteiger partial charge is 0.417 e. The Morgan fingerprint density at radius 2 is 2.00 bits per heavy atom. The van der Waals surface area contributed by atoms with Crippen LogP contribution in [0.25, 0.3) is 11.1 Å². The lowest BCUT2D eigenvalue weighted by Gasteiger charge is -2.48. The number of ether oxygens (including phenoxy) is 1. The second kappa shape index (κ2) is 9.63. The molecule has 2 aromatic carbocycles. The Balaban J connectivity index is 1.49. The zero-order valence-corrected chi connectivity index (χ0v) is 20.3. The maximum absolute atomic E-state index is 15.5. The van der Waals surface area contributed by atoms with Crippen molar-refractivity contribution in [3.05, 3.63) is 76.9 Å². The molecule has 0 bridgehead atoms. The van der Waals surface area contributed by atoms with Crippen molar-refractivity contribution in [1.82, 2.24) is 4.98 Å². The van der Waals surface area contributed by atoms with Gasteiger partial charge in [-0.15, -0.1) is 0 Å². The second-order valence-electron chi connectivity index (χ2n) is 9.56. The number of hydrogen-bond acceptors (Lipinski definition) is 5. The molecule has 2 aliphatic rings. The first kappa shape index (κ1) is 26.1. The normalized spacial score (nSPS) is 21.0. The molecule has 2 aliphatic heterocycles. The van der Waals surface area contributed by atoms with Crippen LogP contribution < -0.4 is 10.2 Å². The van der Waals surface area contributed by atoms with Gasteiger partial charge in [-0.1, -0.05) is 6.07 Å². The molecule has 0 unspecified atom stereocenters. The van der Waals surface area contributed by atoms with Crippen LogP contribution in [0.2, 0.25) is 0 Å². The summed E-state index contributed by atoms with van der Waals surface area (Å²) in [6, 6.07) is 7.63. The molecule has 38 heavy (non-hydrogen) atoms. The molecular formula is C27H24F5N3O3. The number of nitrogens with zero attached hydrogens (tertiary/aromatic N) is 2. The highest BCUT2D eigenvalue weighted by Gasteiger charge is 2.48. The van der Waals surface area contributed by atoms with Gasteiger partial charge >= 0.3 is 6.18 Å². The van der Waals surface area contributed by atoms with Gasteiger partial charge < -0.3 is 20.1 Å². The van der Waals surface area contributed by atoms with E-state index in [0.29, 0.717) is 47.8 Å². The standard InChI is InChI=1S/C27H24F5N3O3/c1-15-2-3-19(34-25(37)17-6-18(12-33-11-17)27(30,31)32)8-20(15)21-9-23-16(7-22(21)28)10-26(29,14-36)24-13-38-5-4-35(23)24/h2-3,6-9,11-12,24,36H,4-5,10,13-14H2,1H3,(H,34,37)/t24-,26+/m1/s1. The van der Waals surface area contributed by atoms with E-state index in [-0.39, 0.29) is 29.8 Å². The number of aryl methyl sites for hydroxylation is 1. The number of fused-ring (bicyclic) bond motifs is 3. The third kappa shape index (κ3) is 4.71. The number of halogens is 5. The summed E-state index contributed by atoms with van der Waals surface area (Å²) in [6.07, 6.45) is -3.16. The quantitative estimate of drug-likeness (QED) is 0.466. The number of amides is 1. The van der Waals surface area contributed by atoms with Crippen molar-refractivity contribution in [1.29, 1.82) is 0 Å². The molecule has 0 spiro atoms. The molecule has 6 nitrogen and oxygen atoms in total. The first-order chi connectivity index (χ1) is 18.0. The van der Waals surface area contributed by atoms with Crippen molar-refractivity contribution in [3.63, 3.8) is 0 Å². The lowest BCUT2D eigenvalue weighted by molar-refractivity contribution is -0.137. The Bertz CT molecular complexity index is 1400. The first-order valence-corrected chi connectivity index (χ1v) is 11.9. The summed E-state index contributed by atoms with van der Waals surface area (Å²) in [6.45, 7) is 1.85. The minimum absolute atomic E-state index is 0.0914. The van der Waals surface area contributed by atoms with Gasteiger partial charge in [0.25, 0.3) is 5.91 Å². The molecule has 5 rings (SSSR count). The molecule has 0 radical (unpaired) electrons. The van der Waals surface area contributed by atoms with Gasteiger partial charge in [-0.3, -0.25) is 9.78 Å². The monoisotopic (exact) mass is 533 g/mol. The van der Waals surface area contributed by atoms with Crippen molar-refractivity contribution in [2.75, 3.05) is 36.6 Å². The van der Waals surface area contributed by atoms with E-state index in [1.807, 2.05) is 0 Å². The van der Waals surface area contributed by atoms with Crippen LogP contribution in [0, 0.1) is 12.7 Å². The van der Waals surface area contributed by atoms with Crippen molar-refractivity contribution in [2.24, 2.45) is 0 Å². The third-order valence-corrected chi connectivity index (χ3v) is 7.06. The minimum Gasteiger partial charge on any atom is -0.393 e. The topological polar surface area (TPSA) is 74.7 Å². The molecular weight excluding hydrogens is 509 g/mol. The number of pyridine rings is 1. The number of benzene rings is 2. The van der Waals surface area contributed by atoms with Crippen LogP contribution in [0.4, 0.5) is 33.3 Å². The van der Waals surface area contributed by atoms with Gasteiger partial charge in [-0.2, -0.15) is 13.2 Å². The van der Waals surface area contributed by atoms with Gasteiger partial charge in [0.15, 0.2) is 5.67 Å². The van der Waals surface area contributed by atoms with Crippen molar-refractivity contribution < 1.29 is 36.6 Å². The molecule has 3 heterocycles. The number of nitrogens with one attached hydrogen (secondary N) is 1. The average molecular weight is 533 g/mol. The van der Waals surface area contributed by atoms with E-state index in [1.54, 1.807) is 30.0 Å². The predicted molar refractivity (Wildman–Crippen MR) is 130 cm³/mol. The number of morpholine rings is 1. The molecule has 2 N–H and O–H groups in total. The number of carbonyl (C=O) groups excluding carboxylic acids is 1. The van der Waals surface area contributed by atoms with Crippen LogP contribution in [0.15, 0.2) is 48.8 Å². The summed E-state index contributed by atoms with van der Waals surface area (Å²) in [5.41, 5.74) is -0.623. The maximum atomic E-state index is 15.5. The lowest BCUT2D eigenvalue weighted by atomic mass is 9.82. The zero-order valence-electron chi connectivity index (χ0n) is 20.3. The fourth-order valence-electron chi connectivity index (χ4n) is 5.05. The highest BCUT2D eigenvalue weighted by molar-refractivity contribution is 6.04. The molecule has 2 atom stereocenters. The van der Waals surface area contributed by atoms with Crippen LogP contribution in [0.1, 0.15) is 27.0 Å². The van der Waals surface area contributed by atoms with E-state index >= 15 is 8.78 Å². The molecule has 3 aromatic rings. The Morgan fingerprint density at radius 3 is 2.74 bits per heavy atom. The van der Waals surface area contributed by atoms with Gasteiger partial charge in [0.05, 0.1) is 37.0 Å². The number of alkyl halides is 4. The summed E-state index contributed by atoms with van der Waals surface area (Å²) in [4.78, 5) is 18.0. The second-order valence-corrected chi connectivity index (χ2v) is 9.56. The number of rotatable bonds is 4. The molecule has 1 aromatic heterocycles. The number of aliphatic hydroxyl groups is 1. The van der Waals surface area contributed by atoms with Crippen LogP contribution in [-0.4, -0.2) is 54.1 Å². The van der Waals surface area contributed by atoms with E-state index in [9.17, 15) is 23.1 Å². The summed E-state index contributed by atoms with van der Waals surface area (Å²) < 4.78 is 75.4. The van der Waals surface area contributed by atoms with Crippen LogP contribution in [0.5, 0.6) is 0 Å². The Hall–Kier alpha value is -3.57. The summed E-state index contributed by atoms with van der Waals surface area (Å²) >= 11 is 0. The predicted octanol–water partition coefficient (Wildman–Crippen LogP) is 4.93.